The maximum absolute atomic E-state index is 12.5. The van der Waals surface area contributed by atoms with Crippen molar-refractivity contribution in [3.63, 3.8) is 0 Å². The third kappa shape index (κ3) is 6.03. The Morgan fingerprint density at radius 2 is 1.81 bits per heavy atom. The minimum absolute atomic E-state index is 0.155. The van der Waals surface area contributed by atoms with Crippen molar-refractivity contribution >= 4 is 52.5 Å². The molecule has 0 bridgehead atoms. The summed E-state index contributed by atoms with van der Waals surface area (Å²) in [5.41, 5.74) is 1.87. The van der Waals surface area contributed by atoms with E-state index < -0.39 is 0 Å². The number of hydrogen-bond acceptors (Lipinski definition) is 5. The third-order valence-corrected chi connectivity index (χ3v) is 5.94. The molecule has 0 saturated heterocycles. The highest BCUT2D eigenvalue weighted by atomic mass is 35.5. The second kappa shape index (κ2) is 10.8. The summed E-state index contributed by atoms with van der Waals surface area (Å²) < 4.78 is 1.97. The normalized spacial score (nSPS) is 10.9. The van der Waals surface area contributed by atoms with Gasteiger partial charge in [0.15, 0.2) is 11.0 Å². The molecule has 0 aliphatic carbocycles. The lowest BCUT2D eigenvalue weighted by Gasteiger charge is -2.13. The number of benzene rings is 2. The SMILES string of the molecule is CNC(=O)c1ccc(NC(=O)CSc2nnc(-c3ccc(Cl)cc3Cl)n2CC(C)C)cc1. The van der Waals surface area contributed by atoms with E-state index in [9.17, 15) is 9.59 Å². The zero-order chi connectivity index (χ0) is 23.3. The first-order valence-electron chi connectivity index (χ1n) is 9.92. The average molecular weight is 492 g/mol. The molecular weight excluding hydrogens is 469 g/mol. The Hall–Kier alpha value is -2.55. The van der Waals surface area contributed by atoms with Gasteiger partial charge in [-0.1, -0.05) is 48.8 Å². The first kappa shape index (κ1) is 24.1. The van der Waals surface area contributed by atoms with Gasteiger partial charge in [-0.25, -0.2) is 0 Å². The summed E-state index contributed by atoms with van der Waals surface area (Å²) in [4.78, 5) is 24.1. The van der Waals surface area contributed by atoms with Crippen molar-refractivity contribution in [3.05, 3.63) is 58.1 Å². The number of aromatic nitrogens is 3. The van der Waals surface area contributed by atoms with Gasteiger partial charge in [0.25, 0.3) is 5.91 Å². The lowest BCUT2D eigenvalue weighted by molar-refractivity contribution is -0.113. The summed E-state index contributed by atoms with van der Waals surface area (Å²) >= 11 is 13.7. The van der Waals surface area contributed by atoms with Crippen molar-refractivity contribution in [3.8, 4) is 11.4 Å². The smallest absolute Gasteiger partial charge is 0.251 e. The van der Waals surface area contributed by atoms with Crippen LogP contribution in [-0.4, -0.2) is 39.4 Å². The van der Waals surface area contributed by atoms with Gasteiger partial charge in [0, 0.05) is 35.4 Å². The van der Waals surface area contributed by atoms with Crippen molar-refractivity contribution < 1.29 is 9.59 Å². The van der Waals surface area contributed by atoms with Crippen LogP contribution in [0.1, 0.15) is 24.2 Å². The van der Waals surface area contributed by atoms with E-state index in [2.05, 4.69) is 34.7 Å². The van der Waals surface area contributed by atoms with Gasteiger partial charge in [-0.2, -0.15) is 0 Å². The maximum atomic E-state index is 12.5. The van der Waals surface area contributed by atoms with E-state index in [1.54, 1.807) is 43.4 Å². The van der Waals surface area contributed by atoms with Gasteiger partial charge in [0.1, 0.15) is 0 Å². The van der Waals surface area contributed by atoms with Gasteiger partial charge in [0.2, 0.25) is 5.91 Å². The van der Waals surface area contributed by atoms with Gasteiger partial charge in [-0.15, -0.1) is 10.2 Å². The van der Waals surface area contributed by atoms with Crippen LogP contribution in [0.4, 0.5) is 5.69 Å². The van der Waals surface area contributed by atoms with Crippen LogP contribution in [0.3, 0.4) is 0 Å². The highest BCUT2D eigenvalue weighted by Gasteiger charge is 2.19. The molecular formula is C22H23Cl2N5O2S. The van der Waals surface area contributed by atoms with E-state index >= 15 is 0 Å². The standard InChI is InChI=1S/C22H23Cl2N5O2S/c1-13(2)11-29-20(17-9-6-15(23)10-18(17)24)27-28-22(29)32-12-19(30)26-16-7-4-14(5-8-16)21(31)25-3/h4-10,13H,11-12H2,1-3H3,(H,25,31)(H,26,30). The Morgan fingerprint density at radius 1 is 1.09 bits per heavy atom. The average Bonchev–Trinajstić information content (AvgIpc) is 3.13. The van der Waals surface area contributed by atoms with Crippen LogP contribution in [0, 0.1) is 5.92 Å². The summed E-state index contributed by atoms with van der Waals surface area (Å²) in [6.07, 6.45) is 0. The molecule has 3 aromatic rings. The molecule has 10 heteroatoms. The molecule has 2 aromatic carbocycles. The van der Waals surface area contributed by atoms with E-state index in [0.29, 0.717) is 44.7 Å². The van der Waals surface area contributed by atoms with E-state index in [1.807, 2.05) is 10.6 Å². The summed E-state index contributed by atoms with van der Waals surface area (Å²) in [5.74, 6) is 0.755. The van der Waals surface area contributed by atoms with Gasteiger partial charge >= 0.3 is 0 Å². The number of thioether (sulfide) groups is 1. The molecule has 168 valence electrons. The van der Waals surface area contributed by atoms with Gasteiger partial charge in [-0.3, -0.25) is 9.59 Å². The fourth-order valence-corrected chi connectivity index (χ4v) is 4.21. The Labute approximate surface area is 200 Å². The number of nitrogens with one attached hydrogen (secondary N) is 2. The van der Waals surface area contributed by atoms with Crippen LogP contribution in [-0.2, 0) is 11.3 Å². The highest BCUT2D eigenvalue weighted by Crippen LogP contribution is 2.32. The maximum Gasteiger partial charge on any atom is 0.251 e. The number of anilines is 1. The zero-order valence-electron chi connectivity index (χ0n) is 17.9. The molecule has 1 aromatic heterocycles. The number of carbonyl (C=O) groups excluding carboxylic acids is 2. The predicted octanol–water partition coefficient (Wildman–Crippen LogP) is 5.00. The molecule has 0 unspecified atom stereocenters. The molecule has 0 saturated carbocycles. The fraction of sp³-hybridized carbons (Fsp3) is 0.273. The largest absolute Gasteiger partial charge is 0.355 e. The Bertz CT molecular complexity index is 1120. The molecule has 0 aliphatic heterocycles. The topological polar surface area (TPSA) is 88.9 Å². The van der Waals surface area contributed by atoms with Gasteiger partial charge in [-0.05, 0) is 48.4 Å². The minimum atomic E-state index is -0.187. The van der Waals surface area contributed by atoms with E-state index in [1.165, 1.54) is 11.8 Å². The lowest BCUT2D eigenvalue weighted by atomic mass is 10.2. The molecule has 32 heavy (non-hydrogen) atoms. The molecule has 7 nitrogen and oxygen atoms in total. The van der Waals surface area contributed by atoms with Crippen molar-refractivity contribution in [2.75, 3.05) is 18.1 Å². The van der Waals surface area contributed by atoms with Crippen LogP contribution < -0.4 is 10.6 Å². The van der Waals surface area contributed by atoms with E-state index in [0.717, 1.165) is 5.56 Å². The first-order chi connectivity index (χ1) is 15.3. The van der Waals surface area contributed by atoms with Gasteiger partial charge < -0.3 is 15.2 Å². The van der Waals surface area contributed by atoms with Crippen LogP contribution >= 0.6 is 35.0 Å². The Balaban J connectivity index is 1.72. The molecule has 1 heterocycles. The monoisotopic (exact) mass is 491 g/mol. The quantitative estimate of drug-likeness (QED) is 0.432. The van der Waals surface area contributed by atoms with Crippen molar-refractivity contribution in [1.82, 2.24) is 20.1 Å². The molecule has 0 spiro atoms. The lowest BCUT2D eigenvalue weighted by Crippen LogP contribution is -2.18. The van der Waals surface area contributed by atoms with E-state index in [4.69, 9.17) is 23.2 Å². The summed E-state index contributed by atoms with van der Waals surface area (Å²) in [7, 11) is 1.57. The zero-order valence-corrected chi connectivity index (χ0v) is 20.2. The fourth-order valence-electron chi connectivity index (χ4n) is 2.97. The Morgan fingerprint density at radius 3 is 2.44 bits per heavy atom. The summed E-state index contributed by atoms with van der Waals surface area (Å²) in [6, 6.07) is 11.9. The van der Waals surface area contributed by atoms with E-state index in [-0.39, 0.29) is 17.6 Å². The molecule has 0 aliphatic rings. The highest BCUT2D eigenvalue weighted by molar-refractivity contribution is 7.99. The molecule has 0 atom stereocenters. The number of nitrogens with zero attached hydrogens (tertiary/aromatic N) is 3. The molecule has 2 N–H and O–H groups in total. The number of carbonyl (C=O) groups is 2. The number of hydrogen-bond donors (Lipinski definition) is 2. The molecule has 2 amide bonds. The molecule has 3 rings (SSSR count). The number of amides is 2. The van der Waals surface area contributed by atoms with Crippen LogP contribution in [0.2, 0.25) is 10.0 Å². The second-order valence-electron chi connectivity index (χ2n) is 7.43. The minimum Gasteiger partial charge on any atom is -0.355 e. The predicted molar refractivity (Wildman–Crippen MR) is 130 cm³/mol. The van der Waals surface area contributed by atoms with Crippen LogP contribution in [0.5, 0.6) is 0 Å². The Kier molecular flexibility index (Phi) is 8.17. The van der Waals surface area contributed by atoms with Crippen LogP contribution in [0.15, 0.2) is 47.6 Å². The van der Waals surface area contributed by atoms with Crippen molar-refractivity contribution in [2.45, 2.75) is 25.5 Å². The third-order valence-electron chi connectivity index (χ3n) is 4.43. The molecule has 0 radical (unpaired) electrons. The van der Waals surface area contributed by atoms with Crippen molar-refractivity contribution in [2.24, 2.45) is 5.92 Å². The second-order valence-corrected chi connectivity index (χ2v) is 9.21. The number of rotatable bonds is 8. The van der Waals surface area contributed by atoms with Crippen molar-refractivity contribution in [1.29, 1.82) is 0 Å². The summed E-state index contributed by atoms with van der Waals surface area (Å²) in [6.45, 7) is 4.86. The van der Waals surface area contributed by atoms with Crippen LogP contribution in [0.25, 0.3) is 11.4 Å². The number of halogens is 2. The molecule has 0 fully saturated rings. The van der Waals surface area contributed by atoms with Gasteiger partial charge in [0.05, 0.1) is 10.8 Å². The summed E-state index contributed by atoms with van der Waals surface area (Å²) in [5, 5.41) is 15.7. The first-order valence-corrected chi connectivity index (χ1v) is 11.7.